The van der Waals surface area contributed by atoms with Crippen LogP contribution in [0, 0.1) is 0 Å². The number of amides is 1. The van der Waals surface area contributed by atoms with E-state index in [1.54, 1.807) is 0 Å². The lowest BCUT2D eigenvalue weighted by atomic mass is 10.1. The van der Waals surface area contributed by atoms with Gasteiger partial charge in [0.15, 0.2) is 16.7 Å². The zero-order chi connectivity index (χ0) is 17.9. The molecule has 134 valence electrons. The average Bonchev–Trinajstić information content (AvgIpc) is 3.09. The molecule has 0 fully saturated rings. The Morgan fingerprint density at radius 1 is 1.23 bits per heavy atom. The lowest BCUT2D eigenvalue weighted by Crippen LogP contribution is -2.28. The van der Waals surface area contributed by atoms with Crippen molar-refractivity contribution in [3.05, 3.63) is 48.0 Å². The zero-order valence-electron chi connectivity index (χ0n) is 14.3. The average molecular weight is 369 g/mol. The third-order valence-electron chi connectivity index (χ3n) is 4.15. The van der Waals surface area contributed by atoms with Crippen molar-refractivity contribution in [1.82, 2.24) is 15.3 Å². The van der Waals surface area contributed by atoms with Crippen molar-refractivity contribution in [2.24, 2.45) is 0 Å². The Balaban J connectivity index is 1.35. The summed E-state index contributed by atoms with van der Waals surface area (Å²) >= 11 is 1.39. The van der Waals surface area contributed by atoms with Crippen LogP contribution in [0.5, 0.6) is 11.5 Å². The number of fused-ring (bicyclic) bond motifs is 2. The van der Waals surface area contributed by atoms with E-state index >= 15 is 0 Å². The van der Waals surface area contributed by atoms with Gasteiger partial charge in [0.2, 0.25) is 5.91 Å². The van der Waals surface area contributed by atoms with Crippen LogP contribution >= 0.6 is 11.8 Å². The largest absolute Gasteiger partial charge is 0.486 e. The number of nitrogens with one attached hydrogen (secondary N) is 2. The van der Waals surface area contributed by atoms with Gasteiger partial charge in [0.05, 0.1) is 22.8 Å². The Bertz CT molecular complexity index is 908. The van der Waals surface area contributed by atoms with Gasteiger partial charge in [-0.2, -0.15) is 0 Å². The molecule has 7 heteroatoms. The lowest BCUT2D eigenvalue weighted by molar-refractivity contribution is -0.119. The molecule has 2 heterocycles. The minimum Gasteiger partial charge on any atom is -0.486 e. The second-order valence-electron chi connectivity index (χ2n) is 6.04. The summed E-state index contributed by atoms with van der Waals surface area (Å²) in [5.74, 6) is 1.73. The normalized spacial score (nSPS) is 14.2. The van der Waals surface area contributed by atoms with Crippen LogP contribution in [0.15, 0.2) is 47.6 Å². The van der Waals surface area contributed by atoms with Crippen molar-refractivity contribution in [3.8, 4) is 11.5 Å². The third kappa shape index (κ3) is 3.62. The number of imidazole rings is 1. The van der Waals surface area contributed by atoms with Crippen molar-refractivity contribution < 1.29 is 14.3 Å². The Labute approximate surface area is 155 Å². The predicted octanol–water partition coefficient (Wildman–Crippen LogP) is 3.30. The number of para-hydroxylation sites is 2. The molecule has 0 bridgehead atoms. The summed E-state index contributed by atoms with van der Waals surface area (Å²) in [4.78, 5) is 20.0. The topological polar surface area (TPSA) is 76.2 Å². The van der Waals surface area contributed by atoms with Gasteiger partial charge in [0, 0.05) is 0 Å². The second-order valence-corrected chi connectivity index (χ2v) is 7.00. The highest BCUT2D eigenvalue weighted by Crippen LogP contribution is 2.32. The van der Waals surface area contributed by atoms with Gasteiger partial charge in [-0.1, -0.05) is 30.0 Å². The van der Waals surface area contributed by atoms with Crippen molar-refractivity contribution in [3.63, 3.8) is 0 Å². The molecule has 0 spiro atoms. The van der Waals surface area contributed by atoms with Crippen LogP contribution in [-0.4, -0.2) is 34.8 Å². The molecule has 1 amide bonds. The molecule has 6 nitrogen and oxygen atoms in total. The highest BCUT2D eigenvalue weighted by Gasteiger charge is 2.16. The smallest absolute Gasteiger partial charge is 0.230 e. The molecule has 0 radical (unpaired) electrons. The number of H-pyrrole nitrogens is 1. The first kappa shape index (κ1) is 16.8. The fraction of sp³-hybridized carbons (Fsp3) is 0.263. The third-order valence-corrected chi connectivity index (χ3v) is 5.02. The lowest BCUT2D eigenvalue weighted by Gasteiger charge is -2.21. The van der Waals surface area contributed by atoms with Gasteiger partial charge in [-0.05, 0) is 36.8 Å². The summed E-state index contributed by atoms with van der Waals surface area (Å²) in [7, 11) is 0. The van der Waals surface area contributed by atoms with Crippen LogP contribution in [0.2, 0.25) is 0 Å². The SMILES string of the molecule is CC(NC(=O)CSc1nc2ccccc2[nH]1)c1ccc2c(c1)OCCO2. The fourth-order valence-corrected chi connectivity index (χ4v) is 3.52. The van der Waals surface area contributed by atoms with E-state index in [2.05, 4.69) is 15.3 Å². The first-order valence-corrected chi connectivity index (χ1v) is 9.44. The van der Waals surface area contributed by atoms with Gasteiger partial charge in [-0.3, -0.25) is 4.79 Å². The van der Waals surface area contributed by atoms with Crippen molar-refractivity contribution in [2.75, 3.05) is 19.0 Å². The van der Waals surface area contributed by atoms with Crippen LogP contribution < -0.4 is 14.8 Å². The summed E-state index contributed by atoms with van der Waals surface area (Å²) in [6.45, 7) is 3.07. The number of hydrogen-bond acceptors (Lipinski definition) is 5. The number of rotatable bonds is 5. The predicted molar refractivity (Wildman–Crippen MR) is 101 cm³/mol. The van der Waals surface area contributed by atoms with Gasteiger partial charge in [-0.15, -0.1) is 0 Å². The van der Waals surface area contributed by atoms with Crippen LogP contribution in [-0.2, 0) is 4.79 Å². The molecule has 1 aliphatic heterocycles. The molecule has 26 heavy (non-hydrogen) atoms. The number of thioether (sulfide) groups is 1. The number of benzene rings is 2. The van der Waals surface area contributed by atoms with E-state index in [9.17, 15) is 4.79 Å². The summed E-state index contributed by atoms with van der Waals surface area (Å²) in [5, 5.41) is 3.75. The van der Waals surface area contributed by atoms with E-state index in [1.165, 1.54) is 11.8 Å². The Morgan fingerprint density at radius 2 is 2.04 bits per heavy atom. The quantitative estimate of drug-likeness (QED) is 0.675. The molecule has 2 aromatic carbocycles. The maximum absolute atomic E-state index is 12.3. The standard InChI is InChI=1S/C19H19N3O3S/c1-12(13-6-7-16-17(10-13)25-9-8-24-16)20-18(23)11-26-19-21-14-4-2-3-5-15(14)22-19/h2-7,10,12H,8-9,11H2,1H3,(H,20,23)(H,21,22). The second kappa shape index (κ2) is 7.29. The van der Waals surface area contributed by atoms with E-state index in [0.717, 1.165) is 33.3 Å². The van der Waals surface area contributed by atoms with E-state index < -0.39 is 0 Å². The van der Waals surface area contributed by atoms with Crippen molar-refractivity contribution in [2.45, 2.75) is 18.1 Å². The molecule has 1 unspecified atom stereocenters. The Kier molecular flexibility index (Phi) is 4.71. The van der Waals surface area contributed by atoms with Crippen molar-refractivity contribution >= 4 is 28.7 Å². The summed E-state index contributed by atoms with van der Waals surface area (Å²) in [6.07, 6.45) is 0. The molecular weight excluding hydrogens is 350 g/mol. The molecule has 1 aliphatic rings. The number of hydrogen-bond donors (Lipinski definition) is 2. The Morgan fingerprint density at radius 3 is 2.88 bits per heavy atom. The summed E-state index contributed by atoms with van der Waals surface area (Å²) < 4.78 is 11.1. The van der Waals surface area contributed by atoms with E-state index in [1.807, 2.05) is 49.4 Å². The van der Waals surface area contributed by atoms with E-state index in [-0.39, 0.29) is 11.9 Å². The van der Waals surface area contributed by atoms with Crippen LogP contribution in [0.3, 0.4) is 0 Å². The Hall–Kier alpha value is -2.67. The van der Waals surface area contributed by atoms with Crippen molar-refractivity contribution in [1.29, 1.82) is 0 Å². The molecule has 0 aliphatic carbocycles. The first-order chi connectivity index (χ1) is 12.7. The zero-order valence-corrected chi connectivity index (χ0v) is 15.1. The van der Waals surface area contributed by atoms with Gasteiger partial charge < -0.3 is 19.8 Å². The molecule has 1 aromatic heterocycles. The number of carbonyl (C=O) groups is 1. The van der Waals surface area contributed by atoms with E-state index in [0.29, 0.717) is 19.0 Å². The van der Waals surface area contributed by atoms with Gasteiger partial charge in [-0.25, -0.2) is 4.98 Å². The highest BCUT2D eigenvalue weighted by molar-refractivity contribution is 7.99. The maximum atomic E-state index is 12.3. The number of carbonyl (C=O) groups excluding carboxylic acids is 1. The number of ether oxygens (including phenoxy) is 2. The van der Waals surface area contributed by atoms with Gasteiger partial charge >= 0.3 is 0 Å². The highest BCUT2D eigenvalue weighted by atomic mass is 32.2. The number of aromatic amines is 1. The number of aromatic nitrogens is 2. The molecule has 3 aromatic rings. The molecule has 0 saturated heterocycles. The van der Waals surface area contributed by atoms with Crippen LogP contribution in [0.4, 0.5) is 0 Å². The molecule has 4 rings (SSSR count). The maximum Gasteiger partial charge on any atom is 0.230 e. The minimum absolute atomic E-state index is 0.0437. The summed E-state index contributed by atoms with van der Waals surface area (Å²) in [6, 6.07) is 13.5. The first-order valence-electron chi connectivity index (χ1n) is 8.45. The summed E-state index contributed by atoms with van der Waals surface area (Å²) in [5.41, 5.74) is 2.86. The number of nitrogens with zero attached hydrogens (tertiary/aromatic N) is 1. The van der Waals surface area contributed by atoms with E-state index in [4.69, 9.17) is 9.47 Å². The fourth-order valence-electron chi connectivity index (χ4n) is 2.83. The molecule has 1 atom stereocenters. The molecule has 0 saturated carbocycles. The van der Waals surface area contributed by atoms with Crippen LogP contribution in [0.25, 0.3) is 11.0 Å². The van der Waals surface area contributed by atoms with Gasteiger partial charge in [0.25, 0.3) is 0 Å². The monoisotopic (exact) mass is 369 g/mol. The minimum atomic E-state index is -0.116. The molecule has 2 N–H and O–H groups in total. The molecular formula is C19H19N3O3S. The van der Waals surface area contributed by atoms with Crippen LogP contribution in [0.1, 0.15) is 18.5 Å². The van der Waals surface area contributed by atoms with Gasteiger partial charge in [0.1, 0.15) is 13.2 Å².